The maximum absolute atomic E-state index is 10.8. The highest BCUT2D eigenvalue weighted by molar-refractivity contribution is 5.84. The fourth-order valence-electron chi connectivity index (χ4n) is 1.12. The molecule has 1 aromatic heterocycles. The van der Waals surface area contributed by atoms with Crippen LogP contribution in [0.4, 0.5) is 5.82 Å². The maximum atomic E-state index is 10.8. The summed E-state index contributed by atoms with van der Waals surface area (Å²) in [6.45, 7) is 1.79. The molecule has 0 atom stereocenters. The lowest BCUT2D eigenvalue weighted by atomic mass is 10.3. The monoisotopic (exact) mass is 194 g/mol. The van der Waals surface area contributed by atoms with Gasteiger partial charge >= 0.3 is 0 Å². The van der Waals surface area contributed by atoms with Gasteiger partial charge in [-0.1, -0.05) is 0 Å². The van der Waals surface area contributed by atoms with E-state index >= 15 is 0 Å². The Morgan fingerprint density at radius 1 is 1.50 bits per heavy atom. The number of aryl methyl sites for hydroxylation is 2. The van der Waals surface area contributed by atoms with Crippen LogP contribution in [0.3, 0.4) is 0 Å². The van der Waals surface area contributed by atoms with Crippen molar-refractivity contribution in [2.45, 2.75) is 6.92 Å². The Morgan fingerprint density at radius 3 is 2.64 bits per heavy atom. The van der Waals surface area contributed by atoms with Crippen LogP contribution in [0.25, 0.3) is 0 Å². The third kappa shape index (κ3) is 1.99. The van der Waals surface area contributed by atoms with Gasteiger partial charge in [-0.3, -0.25) is 9.48 Å². The molecule has 0 spiro atoms. The van der Waals surface area contributed by atoms with E-state index in [-0.39, 0.29) is 0 Å². The SMILES string of the molecule is Cc1nn(C)c(/N=C/N(C)C)c1C=O. The van der Waals surface area contributed by atoms with Crippen LogP contribution in [0.2, 0.25) is 0 Å². The Labute approximate surface area is 83.0 Å². The van der Waals surface area contributed by atoms with Crippen LogP contribution in [0.15, 0.2) is 4.99 Å². The molecule has 5 nitrogen and oxygen atoms in total. The van der Waals surface area contributed by atoms with Gasteiger partial charge in [-0.2, -0.15) is 5.10 Å². The van der Waals surface area contributed by atoms with Gasteiger partial charge < -0.3 is 4.90 Å². The van der Waals surface area contributed by atoms with E-state index < -0.39 is 0 Å². The fourth-order valence-corrected chi connectivity index (χ4v) is 1.12. The van der Waals surface area contributed by atoms with Gasteiger partial charge in [-0.25, -0.2) is 4.99 Å². The lowest BCUT2D eigenvalue weighted by Crippen LogP contribution is -2.07. The van der Waals surface area contributed by atoms with E-state index in [1.165, 1.54) is 0 Å². The predicted octanol–water partition coefficient (Wildman–Crippen LogP) is 0.762. The van der Waals surface area contributed by atoms with Crippen LogP contribution in [0.1, 0.15) is 16.1 Å². The number of aldehydes is 1. The standard InChI is InChI=1S/C9H14N4O/c1-7-8(5-14)9(13(4)11-7)10-6-12(2)3/h5-6H,1-4H3/b10-6+. The summed E-state index contributed by atoms with van der Waals surface area (Å²) >= 11 is 0. The zero-order valence-electron chi connectivity index (χ0n) is 8.85. The first-order valence-electron chi connectivity index (χ1n) is 4.25. The number of carbonyl (C=O) groups is 1. The van der Waals surface area contributed by atoms with Crippen molar-refractivity contribution in [2.24, 2.45) is 12.0 Å². The number of aromatic nitrogens is 2. The molecule has 0 saturated heterocycles. The lowest BCUT2D eigenvalue weighted by Gasteiger charge is -2.02. The van der Waals surface area contributed by atoms with E-state index in [4.69, 9.17) is 0 Å². The highest BCUT2D eigenvalue weighted by Gasteiger charge is 2.10. The number of carbonyl (C=O) groups excluding carboxylic acids is 1. The van der Waals surface area contributed by atoms with Gasteiger partial charge in [0.2, 0.25) is 0 Å². The topological polar surface area (TPSA) is 50.5 Å². The molecule has 76 valence electrons. The smallest absolute Gasteiger partial charge is 0.162 e. The van der Waals surface area contributed by atoms with E-state index in [9.17, 15) is 4.79 Å². The third-order valence-corrected chi connectivity index (χ3v) is 1.77. The minimum atomic E-state index is 0.547. The molecule has 0 bridgehead atoms. The Hall–Kier alpha value is -1.65. The quantitative estimate of drug-likeness (QED) is 0.405. The Balaban J connectivity index is 3.12. The van der Waals surface area contributed by atoms with Crippen LogP contribution in [0, 0.1) is 6.92 Å². The van der Waals surface area contributed by atoms with Crippen molar-refractivity contribution in [2.75, 3.05) is 14.1 Å². The highest BCUT2D eigenvalue weighted by Crippen LogP contribution is 2.18. The summed E-state index contributed by atoms with van der Waals surface area (Å²) in [7, 11) is 5.50. The molecule has 5 heteroatoms. The number of hydrogen-bond acceptors (Lipinski definition) is 3. The summed E-state index contributed by atoms with van der Waals surface area (Å²) in [5.74, 6) is 0.589. The predicted molar refractivity (Wildman–Crippen MR) is 55.2 cm³/mol. The second kappa shape index (κ2) is 4.04. The second-order valence-corrected chi connectivity index (χ2v) is 3.27. The minimum Gasteiger partial charge on any atom is -0.369 e. The zero-order valence-corrected chi connectivity index (χ0v) is 8.85. The molecular weight excluding hydrogens is 180 g/mol. The van der Waals surface area contributed by atoms with Crippen molar-refractivity contribution in [1.29, 1.82) is 0 Å². The molecule has 0 N–H and O–H groups in total. The van der Waals surface area contributed by atoms with Gasteiger partial charge in [0, 0.05) is 21.1 Å². The molecule has 0 amide bonds. The Morgan fingerprint density at radius 2 is 2.14 bits per heavy atom. The van der Waals surface area contributed by atoms with Crippen LogP contribution in [0.5, 0.6) is 0 Å². The van der Waals surface area contributed by atoms with Crippen LogP contribution in [-0.4, -0.2) is 41.4 Å². The maximum Gasteiger partial charge on any atom is 0.162 e. The fraction of sp³-hybridized carbons (Fsp3) is 0.444. The number of hydrogen-bond donors (Lipinski definition) is 0. The molecule has 0 saturated carbocycles. The Kier molecular flexibility index (Phi) is 3.01. The van der Waals surface area contributed by atoms with Gasteiger partial charge in [0.1, 0.15) is 0 Å². The van der Waals surface area contributed by atoms with Crippen LogP contribution < -0.4 is 0 Å². The molecule has 1 heterocycles. The first kappa shape index (κ1) is 10.4. The molecule has 0 aromatic carbocycles. The molecule has 0 unspecified atom stereocenters. The molecule has 0 aliphatic rings. The van der Waals surface area contributed by atoms with E-state index in [0.29, 0.717) is 17.1 Å². The van der Waals surface area contributed by atoms with Crippen molar-refractivity contribution >= 4 is 18.4 Å². The van der Waals surface area contributed by atoms with Crippen molar-refractivity contribution in [3.8, 4) is 0 Å². The summed E-state index contributed by atoms with van der Waals surface area (Å²) in [4.78, 5) is 16.7. The summed E-state index contributed by atoms with van der Waals surface area (Å²) in [5, 5.41) is 4.11. The van der Waals surface area contributed by atoms with E-state index in [2.05, 4.69) is 10.1 Å². The van der Waals surface area contributed by atoms with Gasteiger partial charge in [-0.05, 0) is 6.92 Å². The van der Waals surface area contributed by atoms with Gasteiger partial charge in [0.25, 0.3) is 0 Å². The average molecular weight is 194 g/mol. The van der Waals surface area contributed by atoms with Gasteiger partial charge in [0.05, 0.1) is 17.6 Å². The number of nitrogens with zero attached hydrogens (tertiary/aromatic N) is 4. The van der Waals surface area contributed by atoms with E-state index in [1.807, 2.05) is 14.1 Å². The molecule has 0 radical (unpaired) electrons. The zero-order chi connectivity index (χ0) is 10.7. The van der Waals surface area contributed by atoms with Crippen LogP contribution >= 0.6 is 0 Å². The van der Waals surface area contributed by atoms with Crippen molar-refractivity contribution < 1.29 is 4.79 Å². The molecule has 14 heavy (non-hydrogen) atoms. The minimum absolute atomic E-state index is 0.547. The first-order chi connectivity index (χ1) is 6.56. The van der Waals surface area contributed by atoms with Gasteiger partial charge in [-0.15, -0.1) is 0 Å². The summed E-state index contributed by atoms with van der Waals surface area (Å²) in [6, 6.07) is 0. The molecule has 1 rings (SSSR count). The summed E-state index contributed by atoms with van der Waals surface area (Å²) in [5.41, 5.74) is 1.25. The molecule has 1 aromatic rings. The van der Waals surface area contributed by atoms with E-state index in [0.717, 1.165) is 6.29 Å². The van der Waals surface area contributed by atoms with Crippen molar-refractivity contribution in [1.82, 2.24) is 14.7 Å². The summed E-state index contributed by atoms with van der Waals surface area (Å²) in [6.07, 6.45) is 2.42. The normalized spacial score (nSPS) is 10.9. The van der Waals surface area contributed by atoms with Crippen molar-refractivity contribution in [3.05, 3.63) is 11.3 Å². The molecular formula is C9H14N4O. The lowest BCUT2D eigenvalue weighted by molar-refractivity contribution is 0.112. The molecule has 0 aliphatic carbocycles. The number of rotatable bonds is 3. The molecule has 0 fully saturated rings. The Bertz CT molecular complexity index is 365. The highest BCUT2D eigenvalue weighted by atomic mass is 16.1. The largest absolute Gasteiger partial charge is 0.369 e. The number of aliphatic imine (C=N–C) groups is 1. The summed E-state index contributed by atoms with van der Waals surface area (Å²) < 4.78 is 1.60. The van der Waals surface area contributed by atoms with Gasteiger partial charge in [0.15, 0.2) is 12.1 Å². The van der Waals surface area contributed by atoms with Crippen LogP contribution in [-0.2, 0) is 7.05 Å². The van der Waals surface area contributed by atoms with E-state index in [1.54, 1.807) is 29.9 Å². The second-order valence-electron chi connectivity index (χ2n) is 3.27. The average Bonchev–Trinajstić information content (AvgIpc) is 2.36. The third-order valence-electron chi connectivity index (χ3n) is 1.77. The first-order valence-corrected chi connectivity index (χ1v) is 4.25. The molecule has 0 aliphatic heterocycles. The van der Waals surface area contributed by atoms with Crippen molar-refractivity contribution in [3.63, 3.8) is 0 Å².